The van der Waals surface area contributed by atoms with E-state index in [-0.39, 0.29) is 11.6 Å². The van der Waals surface area contributed by atoms with E-state index in [0.29, 0.717) is 11.3 Å². The standard InChI is InChI=1S/C15H12FN3O/c16-12-4-3-11(17)8-14(12)19-15(20)10-2-1-9-5-6-18-13(9)7-10/h1-8,18H,17H2,(H,19,20). The molecule has 1 aromatic heterocycles. The summed E-state index contributed by atoms with van der Waals surface area (Å²) in [7, 11) is 0. The van der Waals surface area contributed by atoms with E-state index in [9.17, 15) is 9.18 Å². The van der Waals surface area contributed by atoms with Crippen LogP contribution in [0, 0.1) is 5.82 Å². The number of nitrogens with two attached hydrogens (primary N) is 1. The second-order valence-corrected chi connectivity index (χ2v) is 4.47. The lowest BCUT2D eigenvalue weighted by Gasteiger charge is -2.07. The molecule has 4 nitrogen and oxygen atoms in total. The van der Waals surface area contributed by atoms with Crippen molar-refractivity contribution in [3.8, 4) is 0 Å². The lowest BCUT2D eigenvalue weighted by atomic mass is 10.1. The Morgan fingerprint density at radius 1 is 1.15 bits per heavy atom. The van der Waals surface area contributed by atoms with Gasteiger partial charge in [-0.3, -0.25) is 4.79 Å². The quantitative estimate of drug-likeness (QED) is 0.625. The highest BCUT2D eigenvalue weighted by atomic mass is 19.1. The predicted molar refractivity (Wildman–Crippen MR) is 77.1 cm³/mol. The minimum Gasteiger partial charge on any atom is -0.399 e. The molecular weight excluding hydrogens is 257 g/mol. The third-order valence-electron chi connectivity index (χ3n) is 3.06. The summed E-state index contributed by atoms with van der Waals surface area (Å²) in [5, 5.41) is 3.53. The molecule has 100 valence electrons. The second-order valence-electron chi connectivity index (χ2n) is 4.47. The minimum atomic E-state index is -0.520. The first-order chi connectivity index (χ1) is 9.63. The van der Waals surface area contributed by atoms with Gasteiger partial charge in [-0.05, 0) is 41.8 Å². The number of aromatic amines is 1. The Bertz CT molecular complexity index is 795. The zero-order valence-electron chi connectivity index (χ0n) is 10.5. The van der Waals surface area contributed by atoms with E-state index in [0.717, 1.165) is 10.9 Å². The molecule has 0 saturated carbocycles. The lowest BCUT2D eigenvalue weighted by molar-refractivity contribution is 0.102. The molecule has 0 saturated heterocycles. The van der Waals surface area contributed by atoms with Crippen molar-refractivity contribution in [1.82, 2.24) is 4.98 Å². The van der Waals surface area contributed by atoms with Crippen LogP contribution < -0.4 is 11.1 Å². The van der Waals surface area contributed by atoms with Gasteiger partial charge in [-0.2, -0.15) is 0 Å². The summed E-state index contributed by atoms with van der Waals surface area (Å²) in [6.07, 6.45) is 1.80. The minimum absolute atomic E-state index is 0.0709. The van der Waals surface area contributed by atoms with Gasteiger partial charge in [-0.1, -0.05) is 6.07 Å². The SMILES string of the molecule is Nc1ccc(F)c(NC(=O)c2ccc3cc[nH]c3c2)c1. The molecule has 20 heavy (non-hydrogen) atoms. The number of fused-ring (bicyclic) bond motifs is 1. The fraction of sp³-hybridized carbons (Fsp3) is 0. The van der Waals surface area contributed by atoms with Gasteiger partial charge in [-0.25, -0.2) is 4.39 Å². The van der Waals surface area contributed by atoms with Crippen LogP contribution in [0.4, 0.5) is 15.8 Å². The van der Waals surface area contributed by atoms with E-state index < -0.39 is 5.82 Å². The molecule has 2 aromatic carbocycles. The molecule has 0 aliphatic carbocycles. The lowest BCUT2D eigenvalue weighted by Crippen LogP contribution is -2.13. The monoisotopic (exact) mass is 269 g/mol. The number of nitrogen functional groups attached to an aromatic ring is 1. The Kier molecular flexibility index (Phi) is 2.87. The Morgan fingerprint density at radius 2 is 2.00 bits per heavy atom. The maximum atomic E-state index is 13.6. The summed E-state index contributed by atoms with van der Waals surface area (Å²) in [6.45, 7) is 0. The van der Waals surface area contributed by atoms with Crippen molar-refractivity contribution >= 4 is 28.2 Å². The Morgan fingerprint density at radius 3 is 2.85 bits per heavy atom. The molecule has 4 N–H and O–H groups in total. The van der Waals surface area contributed by atoms with E-state index in [1.54, 1.807) is 18.3 Å². The van der Waals surface area contributed by atoms with Crippen LogP contribution >= 0.6 is 0 Å². The van der Waals surface area contributed by atoms with E-state index in [2.05, 4.69) is 10.3 Å². The van der Waals surface area contributed by atoms with E-state index in [1.807, 2.05) is 12.1 Å². The normalized spacial score (nSPS) is 10.7. The smallest absolute Gasteiger partial charge is 0.255 e. The summed E-state index contributed by atoms with van der Waals surface area (Å²) in [5.74, 6) is -0.903. The van der Waals surface area contributed by atoms with Gasteiger partial charge < -0.3 is 16.0 Å². The van der Waals surface area contributed by atoms with Gasteiger partial charge in [-0.15, -0.1) is 0 Å². The van der Waals surface area contributed by atoms with Gasteiger partial charge >= 0.3 is 0 Å². The molecular formula is C15H12FN3O. The third kappa shape index (κ3) is 2.21. The number of nitrogens with one attached hydrogen (secondary N) is 2. The fourth-order valence-corrected chi connectivity index (χ4v) is 2.02. The van der Waals surface area contributed by atoms with Crippen LogP contribution in [-0.2, 0) is 0 Å². The first-order valence-corrected chi connectivity index (χ1v) is 6.07. The first kappa shape index (κ1) is 12.2. The van der Waals surface area contributed by atoms with E-state index >= 15 is 0 Å². The zero-order chi connectivity index (χ0) is 14.1. The molecule has 0 spiro atoms. The van der Waals surface area contributed by atoms with Crippen LogP contribution in [0.15, 0.2) is 48.7 Å². The van der Waals surface area contributed by atoms with Crippen LogP contribution in [0.25, 0.3) is 10.9 Å². The molecule has 0 unspecified atom stereocenters. The molecule has 0 aliphatic heterocycles. The average molecular weight is 269 g/mol. The summed E-state index contributed by atoms with van der Waals surface area (Å²) >= 11 is 0. The van der Waals surface area contributed by atoms with Gasteiger partial charge in [0.15, 0.2) is 0 Å². The molecule has 0 bridgehead atoms. The molecule has 1 amide bonds. The Balaban J connectivity index is 1.90. The molecule has 1 heterocycles. The first-order valence-electron chi connectivity index (χ1n) is 6.07. The van der Waals surface area contributed by atoms with Gasteiger partial charge in [0.2, 0.25) is 0 Å². The second kappa shape index (κ2) is 4.70. The van der Waals surface area contributed by atoms with Gasteiger partial charge in [0, 0.05) is 23.0 Å². The van der Waals surface area contributed by atoms with Crippen LogP contribution in [0.3, 0.4) is 0 Å². The number of rotatable bonds is 2. The molecule has 3 aromatic rings. The number of hydrogen-bond donors (Lipinski definition) is 3. The van der Waals surface area contributed by atoms with E-state index in [1.165, 1.54) is 18.2 Å². The van der Waals surface area contributed by atoms with Crippen molar-refractivity contribution in [1.29, 1.82) is 0 Å². The molecule has 0 atom stereocenters. The molecule has 0 aliphatic rings. The summed E-state index contributed by atoms with van der Waals surface area (Å²) < 4.78 is 13.6. The molecule has 0 radical (unpaired) electrons. The number of carbonyl (C=O) groups is 1. The number of benzene rings is 2. The average Bonchev–Trinajstić information content (AvgIpc) is 2.90. The number of carbonyl (C=O) groups excluding carboxylic acids is 1. The maximum Gasteiger partial charge on any atom is 0.255 e. The van der Waals surface area contributed by atoms with Crippen LogP contribution in [-0.4, -0.2) is 10.9 Å². The van der Waals surface area contributed by atoms with Gasteiger partial charge in [0.25, 0.3) is 5.91 Å². The number of amides is 1. The highest BCUT2D eigenvalue weighted by Gasteiger charge is 2.10. The number of halogens is 1. The zero-order valence-corrected chi connectivity index (χ0v) is 10.5. The van der Waals surface area contributed by atoms with Gasteiger partial charge in [0.05, 0.1) is 5.69 Å². The number of H-pyrrole nitrogens is 1. The van der Waals surface area contributed by atoms with Crippen molar-refractivity contribution in [2.45, 2.75) is 0 Å². The highest BCUT2D eigenvalue weighted by molar-refractivity contribution is 6.06. The van der Waals surface area contributed by atoms with Crippen molar-refractivity contribution in [2.75, 3.05) is 11.1 Å². The maximum absolute atomic E-state index is 13.6. The largest absolute Gasteiger partial charge is 0.399 e. The summed E-state index contributed by atoms with van der Waals surface area (Å²) in [6, 6.07) is 11.2. The van der Waals surface area contributed by atoms with Crippen LogP contribution in [0.2, 0.25) is 0 Å². The molecule has 3 rings (SSSR count). The van der Waals surface area contributed by atoms with Crippen molar-refractivity contribution < 1.29 is 9.18 Å². The van der Waals surface area contributed by atoms with Crippen LogP contribution in [0.5, 0.6) is 0 Å². The Hall–Kier alpha value is -2.82. The van der Waals surface area contributed by atoms with E-state index in [4.69, 9.17) is 5.73 Å². The Labute approximate surface area is 114 Å². The van der Waals surface area contributed by atoms with Gasteiger partial charge in [0.1, 0.15) is 5.82 Å². The summed E-state index contributed by atoms with van der Waals surface area (Å²) in [5.41, 5.74) is 7.34. The third-order valence-corrected chi connectivity index (χ3v) is 3.06. The predicted octanol–water partition coefficient (Wildman–Crippen LogP) is 3.14. The fourth-order valence-electron chi connectivity index (χ4n) is 2.02. The number of hydrogen-bond acceptors (Lipinski definition) is 2. The van der Waals surface area contributed by atoms with Crippen molar-refractivity contribution in [3.05, 3.63) is 60.0 Å². The molecule has 0 fully saturated rings. The van der Waals surface area contributed by atoms with Crippen LogP contribution in [0.1, 0.15) is 10.4 Å². The number of anilines is 2. The van der Waals surface area contributed by atoms with Crippen molar-refractivity contribution in [2.24, 2.45) is 0 Å². The number of aromatic nitrogens is 1. The highest BCUT2D eigenvalue weighted by Crippen LogP contribution is 2.19. The van der Waals surface area contributed by atoms with Crippen molar-refractivity contribution in [3.63, 3.8) is 0 Å². The topological polar surface area (TPSA) is 70.9 Å². The summed E-state index contributed by atoms with van der Waals surface area (Å²) in [4.78, 5) is 15.1. The molecule has 5 heteroatoms.